The first-order chi connectivity index (χ1) is 11.0. The lowest BCUT2D eigenvalue weighted by Crippen LogP contribution is -2.22. The molecule has 0 bridgehead atoms. The number of halogens is 2. The number of rotatable bonds is 5. The largest absolute Gasteiger partial charge is 0.376 e. The van der Waals surface area contributed by atoms with Crippen molar-refractivity contribution in [2.45, 2.75) is 0 Å². The Morgan fingerprint density at radius 3 is 2.48 bits per heavy atom. The van der Waals surface area contributed by atoms with Crippen molar-refractivity contribution in [1.29, 1.82) is 0 Å². The summed E-state index contributed by atoms with van der Waals surface area (Å²) in [4.78, 5) is 23.4. The molecule has 0 unspecified atom stereocenters. The van der Waals surface area contributed by atoms with Gasteiger partial charge in [0, 0.05) is 23.4 Å². The number of anilines is 2. The van der Waals surface area contributed by atoms with Gasteiger partial charge in [-0.2, -0.15) is 0 Å². The lowest BCUT2D eigenvalue weighted by molar-refractivity contribution is -0.114. The molecule has 0 spiro atoms. The van der Waals surface area contributed by atoms with Gasteiger partial charge in [0.1, 0.15) is 0 Å². The van der Waals surface area contributed by atoms with Gasteiger partial charge in [-0.25, -0.2) is 0 Å². The molecule has 0 fully saturated rings. The summed E-state index contributed by atoms with van der Waals surface area (Å²) in [6.07, 6.45) is 0. The molecule has 2 amide bonds. The predicted molar refractivity (Wildman–Crippen MR) is 93.4 cm³/mol. The second-order valence-corrected chi connectivity index (χ2v) is 5.53. The Hall–Kier alpha value is -2.24. The van der Waals surface area contributed by atoms with E-state index in [2.05, 4.69) is 16.0 Å². The molecule has 0 aromatic heterocycles. The minimum absolute atomic E-state index is 0.0577. The van der Waals surface area contributed by atoms with E-state index < -0.39 is 0 Å². The Balaban J connectivity index is 1.94. The smallest absolute Gasteiger partial charge is 0.252 e. The third kappa shape index (κ3) is 4.87. The minimum Gasteiger partial charge on any atom is -0.376 e. The minimum atomic E-state index is -0.264. The summed E-state index contributed by atoms with van der Waals surface area (Å²) in [7, 11) is 1.53. The normalized spacial score (nSPS) is 10.0. The summed E-state index contributed by atoms with van der Waals surface area (Å²) >= 11 is 11.9. The van der Waals surface area contributed by atoms with Crippen molar-refractivity contribution in [3.63, 3.8) is 0 Å². The Bertz CT molecular complexity index is 735. The highest BCUT2D eigenvalue weighted by molar-refractivity contribution is 6.34. The standard InChI is InChI=1S/C16H15Cl2N3O2/c1-19-16(23)13-6-5-11(8-14(13)18)20-9-15(22)21-12-4-2-3-10(17)7-12/h2-8,20H,9H2,1H3,(H,19,23)(H,21,22). The van der Waals surface area contributed by atoms with Crippen LogP contribution in [-0.2, 0) is 4.79 Å². The molecule has 2 aromatic rings. The van der Waals surface area contributed by atoms with Crippen molar-refractivity contribution < 1.29 is 9.59 Å². The highest BCUT2D eigenvalue weighted by atomic mass is 35.5. The first-order valence-corrected chi connectivity index (χ1v) is 7.56. The van der Waals surface area contributed by atoms with Gasteiger partial charge in [0.25, 0.3) is 5.91 Å². The Morgan fingerprint density at radius 1 is 1.04 bits per heavy atom. The lowest BCUT2D eigenvalue weighted by atomic mass is 10.2. The Morgan fingerprint density at radius 2 is 1.83 bits per heavy atom. The van der Waals surface area contributed by atoms with Crippen LogP contribution in [0.4, 0.5) is 11.4 Å². The van der Waals surface area contributed by atoms with Crippen LogP contribution in [-0.4, -0.2) is 25.4 Å². The maximum atomic E-state index is 11.9. The van der Waals surface area contributed by atoms with Crippen LogP contribution in [0.1, 0.15) is 10.4 Å². The average Bonchev–Trinajstić information content (AvgIpc) is 2.52. The van der Waals surface area contributed by atoms with E-state index in [1.165, 1.54) is 7.05 Å². The van der Waals surface area contributed by atoms with Crippen molar-refractivity contribution in [1.82, 2.24) is 5.32 Å². The van der Waals surface area contributed by atoms with Gasteiger partial charge in [0.15, 0.2) is 0 Å². The molecule has 23 heavy (non-hydrogen) atoms. The van der Waals surface area contributed by atoms with Crippen molar-refractivity contribution in [2.75, 3.05) is 24.2 Å². The van der Waals surface area contributed by atoms with Gasteiger partial charge in [0.05, 0.1) is 17.1 Å². The van der Waals surface area contributed by atoms with E-state index in [1.807, 2.05) is 0 Å². The highest BCUT2D eigenvalue weighted by Gasteiger charge is 2.09. The topological polar surface area (TPSA) is 70.2 Å². The number of amides is 2. The fourth-order valence-electron chi connectivity index (χ4n) is 1.90. The maximum absolute atomic E-state index is 11.9. The van der Waals surface area contributed by atoms with E-state index in [9.17, 15) is 9.59 Å². The molecular weight excluding hydrogens is 337 g/mol. The summed E-state index contributed by atoms with van der Waals surface area (Å²) in [5, 5.41) is 9.03. The van der Waals surface area contributed by atoms with E-state index in [0.29, 0.717) is 27.0 Å². The van der Waals surface area contributed by atoms with E-state index >= 15 is 0 Å². The Labute approximate surface area is 144 Å². The SMILES string of the molecule is CNC(=O)c1ccc(NCC(=O)Nc2cccc(Cl)c2)cc1Cl. The molecule has 0 radical (unpaired) electrons. The zero-order chi connectivity index (χ0) is 16.8. The molecular formula is C16H15Cl2N3O2. The van der Waals surface area contributed by atoms with Gasteiger partial charge in [-0.3, -0.25) is 9.59 Å². The molecule has 2 aromatic carbocycles. The molecule has 0 saturated carbocycles. The molecule has 0 aliphatic rings. The second kappa shape index (κ2) is 7.85. The molecule has 120 valence electrons. The summed E-state index contributed by atoms with van der Waals surface area (Å²) in [5.41, 5.74) is 1.64. The molecule has 7 heteroatoms. The lowest BCUT2D eigenvalue weighted by Gasteiger charge is -2.10. The van der Waals surface area contributed by atoms with E-state index in [0.717, 1.165) is 0 Å². The van der Waals surface area contributed by atoms with Crippen molar-refractivity contribution in [2.24, 2.45) is 0 Å². The summed E-state index contributed by atoms with van der Waals surface area (Å²) in [5.74, 6) is -0.487. The molecule has 0 saturated heterocycles. The quantitative estimate of drug-likeness (QED) is 0.772. The van der Waals surface area contributed by atoms with Gasteiger partial charge in [-0.05, 0) is 36.4 Å². The van der Waals surface area contributed by atoms with Crippen LogP contribution in [0.2, 0.25) is 10.0 Å². The third-order valence-corrected chi connectivity index (χ3v) is 3.55. The van der Waals surface area contributed by atoms with Crippen LogP contribution in [0.25, 0.3) is 0 Å². The molecule has 0 aliphatic carbocycles. The van der Waals surface area contributed by atoms with E-state index in [1.54, 1.807) is 42.5 Å². The van der Waals surface area contributed by atoms with Crippen LogP contribution in [0.15, 0.2) is 42.5 Å². The zero-order valence-electron chi connectivity index (χ0n) is 12.3. The fraction of sp³-hybridized carbons (Fsp3) is 0.125. The number of nitrogens with one attached hydrogen (secondary N) is 3. The number of hydrogen-bond donors (Lipinski definition) is 3. The number of carbonyl (C=O) groups excluding carboxylic acids is 2. The highest BCUT2D eigenvalue weighted by Crippen LogP contribution is 2.21. The van der Waals surface area contributed by atoms with Crippen LogP contribution in [0, 0.1) is 0 Å². The van der Waals surface area contributed by atoms with Crippen LogP contribution < -0.4 is 16.0 Å². The molecule has 3 N–H and O–H groups in total. The van der Waals surface area contributed by atoms with Gasteiger partial charge in [-0.1, -0.05) is 29.3 Å². The van der Waals surface area contributed by atoms with Crippen molar-refractivity contribution in [3.05, 3.63) is 58.1 Å². The van der Waals surface area contributed by atoms with E-state index in [-0.39, 0.29) is 18.4 Å². The Kier molecular flexibility index (Phi) is 5.84. The molecule has 5 nitrogen and oxygen atoms in total. The maximum Gasteiger partial charge on any atom is 0.252 e. The third-order valence-electron chi connectivity index (χ3n) is 3.00. The first-order valence-electron chi connectivity index (χ1n) is 6.80. The molecule has 0 aliphatic heterocycles. The second-order valence-electron chi connectivity index (χ2n) is 4.69. The van der Waals surface area contributed by atoms with Gasteiger partial charge in [0.2, 0.25) is 5.91 Å². The van der Waals surface area contributed by atoms with Crippen LogP contribution in [0.5, 0.6) is 0 Å². The number of carbonyl (C=O) groups is 2. The number of hydrogen-bond acceptors (Lipinski definition) is 3. The summed E-state index contributed by atoms with van der Waals surface area (Å²) in [6.45, 7) is 0.0577. The molecule has 0 heterocycles. The molecule has 0 atom stereocenters. The molecule has 2 rings (SSSR count). The van der Waals surface area contributed by atoms with E-state index in [4.69, 9.17) is 23.2 Å². The van der Waals surface area contributed by atoms with Gasteiger partial charge in [-0.15, -0.1) is 0 Å². The monoisotopic (exact) mass is 351 g/mol. The number of benzene rings is 2. The predicted octanol–water partition coefficient (Wildman–Crippen LogP) is 3.40. The van der Waals surface area contributed by atoms with Crippen LogP contribution >= 0.6 is 23.2 Å². The van der Waals surface area contributed by atoms with Crippen molar-refractivity contribution >= 4 is 46.4 Å². The summed E-state index contributed by atoms with van der Waals surface area (Å²) in [6, 6.07) is 11.8. The fourth-order valence-corrected chi connectivity index (χ4v) is 2.35. The zero-order valence-corrected chi connectivity index (χ0v) is 13.8. The van der Waals surface area contributed by atoms with Gasteiger partial charge >= 0.3 is 0 Å². The van der Waals surface area contributed by atoms with Crippen LogP contribution in [0.3, 0.4) is 0 Å². The van der Waals surface area contributed by atoms with Crippen molar-refractivity contribution in [3.8, 4) is 0 Å². The first kappa shape index (κ1) is 17.1. The average molecular weight is 352 g/mol. The van der Waals surface area contributed by atoms with Gasteiger partial charge < -0.3 is 16.0 Å². The summed E-state index contributed by atoms with van der Waals surface area (Å²) < 4.78 is 0.